The van der Waals surface area contributed by atoms with Crippen molar-refractivity contribution >= 4 is 49.3 Å². The summed E-state index contributed by atoms with van der Waals surface area (Å²) in [5, 5.41) is 1.96. The topological polar surface area (TPSA) is 76.7 Å². The molecule has 1 aliphatic carbocycles. The van der Waals surface area contributed by atoms with Crippen molar-refractivity contribution in [2.45, 2.75) is 44.2 Å². The first-order chi connectivity index (χ1) is 11.1. The smallest absolute Gasteiger partial charge is 0.189 e. The number of thioether (sulfide) groups is 1. The van der Waals surface area contributed by atoms with Gasteiger partial charge in [0.1, 0.15) is 4.83 Å². The van der Waals surface area contributed by atoms with E-state index in [1.54, 1.807) is 11.3 Å². The van der Waals surface area contributed by atoms with Crippen molar-refractivity contribution in [3.63, 3.8) is 0 Å². The zero-order chi connectivity index (χ0) is 16.1. The van der Waals surface area contributed by atoms with E-state index in [2.05, 4.69) is 24.3 Å². The second kappa shape index (κ2) is 5.58. The van der Waals surface area contributed by atoms with Crippen LogP contribution in [0.25, 0.3) is 20.4 Å². The maximum absolute atomic E-state index is 5.69. The van der Waals surface area contributed by atoms with E-state index in [0.29, 0.717) is 11.7 Å². The third-order valence-corrected chi connectivity index (χ3v) is 6.04. The molecule has 3 N–H and O–H groups in total. The summed E-state index contributed by atoms with van der Waals surface area (Å²) in [5.41, 5.74) is 7.86. The minimum atomic E-state index is 0.441. The zero-order valence-electron chi connectivity index (χ0n) is 13.4. The number of nitrogens with one attached hydrogen (secondary N) is 1. The number of aromatic nitrogens is 3. The van der Waals surface area contributed by atoms with Crippen LogP contribution < -0.4 is 11.3 Å². The maximum Gasteiger partial charge on any atom is 0.189 e. The van der Waals surface area contributed by atoms with Gasteiger partial charge in [0.25, 0.3) is 0 Å². The number of nitrogen functional groups attached to an aromatic ring is 1. The lowest BCUT2D eigenvalue weighted by Gasteiger charge is -2.11. The highest BCUT2D eigenvalue weighted by molar-refractivity contribution is 7.98. The summed E-state index contributed by atoms with van der Waals surface area (Å²) in [5.74, 6) is 6.82. The molecule has 0 radical (unpaired) electrons. The number of hydrazine groups is 1. The molecule has 4 rings (SSSR count). The van der Waals surface area contributed by atoms with E-state index in [0.717, 1.165) is 33.0 Å². The molecule has 23 heavy (non-hydrogen) atoms. The standard InChI is InChI=1S/C16H19N5S2/c1-7(2)11-9-6-4-5-8(9)10-12-13(23-15(10)18-11)14(21-17)20-16(19-12)22-3/h7H,4-6,17H2,1-3H3,(H,19,20,21). The molecule has 0 saturated heterocycles. The molecule has 5 nitrogen and oxygen atoms in total. The van der Waals surface area contributed by atoms with Crippen LogP contribution in [0.1, 0.15) is 43.0 Å². The fourth-order valence-corrected chi connectivity index (χ4v) is 4.91. The van der Waals surface area contributed by atoms with Gasteiger partial charge in [-0.2, -0.15) is 0 Å². The van der Waals surface area contributed by atoms with Crippen molar-refractivity contribution in [3.8, 4) is 0 Å². The van der Waals surface area contributed by atoms with Crippen LogP contribution in [0.5, 0.6) is 0 Å². The molecule has 120 valence electrons. The Hall–Kier alpha value is -1.44. The Balaban J connectivity index is 2.15. The minimum absolute atomic E-state index is 0.441. The molecule has 3 aromatic heterocycles. The molecule has 3 heterocycles. The molecule has 0 aliphatic heterocycles. The summed E-state index contributed by atoms with van der Waals surface area (Å²) >= 11 is 3.17. The van der Waals surface area contributed by atoms with E-state index >= 15 is 0 Å². The summed E-state index contributed by atoms with van der Waals surface area (Å²) < 4.78 is 1.00. The molecule has 0 aromatic carbocycles. The SMILES string of the molecule is CSc1nc(NN)c2sc3nc(C(C)C)c4c(c3c2n1)CCC4. The Morgan fingerprint density at radius 3 is 2.65 bits per heavy atom. The highest BCUT2D eigenvalue weighted by Crippen LogP contribution is 2.42. The van der Waals surface area contributed by atoms with E-state index in [1.165, 1.54) is 40.4 Å². The molecule has 1 aliphatic rings. The summed E-state index contributed by atoms with van der Waals surface area (Å²) in [7, 11) is 0. The Morgan fingerprint density at radius 1 is 1.17 bits per heavy atom. The summed E-state index contributed by atoms with van der Waals surface area (Å²) in [6.45, 7) is 4.44. The summed E-state index contributed by atoms with van der Waals surface area (Å²) in [6.07, 6.45) is 5.43. The monoisotopic (exact) mass is 345 g/mol. The Labute approximate surface area is 143 Å². The van der Waals surface area contributed by atoms with Crippen LogP contribution in [0.15, 0.2) is 5.16 Å². The van der Waals surface area contributed by atoms with E-state index < -0.39 is 0 Å². The van der Waals surface area contributed by atoms with Crippen molar-refractivity contribution < 1.29 is 0 Å². The molecule has 0 atom stereocenters. The molecule has 0 spiro atoms. The third kappa shape index (κ3) is 2.21. The van der Waals surface area contributed by atoms with Gasteiger partial charge in [0.05, 0.1) is 10.2 Å². The van der Waals surface area contributed by atoms with Gasteiger partial charge in [-0.15, -0.1) is 11.3 Å². The number of pyridine rings is 1. The first-order valence-corrected chi connectivity index (χ1v) is 9.84. The third-order valence-electron chi connectivity index (χ3n) is 4.41. The van der Waals surface area contributed by atoms with Crippen LogP contribution >= 0.6 is 23.1 Å². The fraction of sp³-hybridized carbons (Fsp3) is 0.438. The largest absolute Gasteiger partial charge is 0.307 e. The zero-order valence-corrected chi connectivity index (χ0v) is 15.1. The average molecular weight is 345 g/mol. The van der Waals surface area contributed by atoms with Gasteiger partial charge in [0.15, 0.2) is 11.0 Å². The van der Waals surface area contributed by atoms with Gasteiger partial charge < -0.3 is 5.43 Å². The van der Waals surface area contributed by atoms with Crippen molar-refractivity contribution in [3.05, 3.63) is 16.8 Å². The Kier molecular flexibility index (Phi) is 3.66. The maximum atomic E-state index is 5.69. The van der Waals surface area contributed by atoms with Crippen molar-refractivity contribution in [1.29, 1.82) is 0 Å². The number of rotatable bonds is 3. The fourth-order valence-electron chi connectivity index (χ4n) is 3.44. The molecule has 0 fully saturated rings. The first kappa shape index (κ1) is 15.1. The first-order valence-electron chi connectivity index (χ1n) is 7.80. The van der Waals surface area contributed by atoms with Crippen LogP contribution in [-0.2, 0) is 12.8 Å². The van der Waals surface area contributed by atoms with E-state index in [4.69, 9.17) is 15.8 Å². The number of nitrogens with zero attached hydrogens (tertiary/aromatic N) is 3. The van der Waals surface area contributed by atoms with Crippen LogP contribution in [0, 0.1) is 0 Å². The second-order valence-electron chi connectivity index (χ2n) is 6.13. The van der Waals surface area contributed by atoms with Gasteiger partial charge in [-0.1, -0.05) is 25.6 Å². The second-order valence-corrected chi connectivity index (χ2v) is 7.90. The lowest BCUT2D eigenvalue weighted by molar-refractivity contribution is 0.805. The lowest BCUT2D eigenvalue weighted by atomic mass is 9.99. The van der Waals surface area contributed by atoms with Crippen LogP contribution in [-0.4, -0.2) is 21.2 Å². The van der Waals surface area contributed by atoms with Crippen molar-refractivity contribution in [2.24, 2.45) is 5.84 Å². The van der Waals surface area contributed by atoms with Crippen LogP contribution in [0.4, 0.5) is 5.82 Å². The number of hydrogen-bond donors (Lipinski definition) is 2. The molecule has 0 bridgehead atoms. The highest BCUT2D eigenvalue weighted by Gasteiger charge is 2.25. The number of nitrogens with two attached hydrogens (primary N) is 1. The van der Waals surface area contributed by atoms with Gasteiger partial charge in [0, 0.05) is 11.1 Å². The van der Waals surface area contributed by atoms with E-state index in [9.17, 15) is 0 Å². The summed E-state index contributed by atoms with van der Waals surface area (Å²) in [4.78, 5) is 15.3. The van der Waals surface area contributed by atoms with Gasteiger partial charge in [0.2, 0.25) is 0 Å². The van der Waals surface area contributed by atoms with Gasteiger partial charge in [-0.25, -0.2) is 20.8 Å². The number of fused-ring (bicyclic) bond motifs is 5. The van der Waals surface area contributed by atoms with E-state index in [-0.39, 0.29) is 0 Å². The van der Waals surface area contributed by atoms with Crippen molar-refractivity contribution in [2.75, 3.05) is 11.7 Å². The molecular formula is C16H19N5S2. The minimum Gasteiger partial charge on any atom is -0.307 e. The predicted molar refractivity (Wildman–Crippen MR) is 98.4 cm³/mol. The van der Waals surface area contributed by atoms with Crippen LogP contribution in [0.2, 0.25) is 0 Å². The Bertz CT molecular complexity index is 916. The summed E-state index contributed by atoms with van der Waals surface area (Å²) in [6, 6.07) is 0. The molecule has 7 heteroatoms. The molecule has 0 amide bonds. The number of anilines is 1. The van der Waals surface area contributed by atoms with Crippen LogP contribution in [0.3, 0.4) is 0 Å². The molecule has 0 unspecified atom stereocenters. The van der Waals surface area contributed by atoms with Crippen molar-refractivity contribution in [1.82, 2.24) is 15.0 Å². The quantitative estimate of drug-likeness (QED) is 0.325. The molecular weight excluding hydrogens is 326 g/mol. The normalized spacial score (nSPS) is 14.1. The number of hydrogen-bond acceptors (Lipinski definition) is 7. The highest BCUT2D eigenvalue weighted by atomic mass is 32.2. The van der Waals surface area contributed by atoms with Gasteiger partial charge >= 0.3 is 0 Å². The Morgan fingerprint density at radius 2 is 1.96 bits per heavy atom. The predicted octanol–water partition coefficient (Wildman–Crippen LogP) is 3.86. The van der Waals surface area contributed by atoms with Gasteiger partial charge in [-0.3, -0.25) is 0 Å². The number of aryl methyl sites for hydroxylation is 1. The van der Waals surface area contributed by atoms with Gasteiger partial charge in [-0.05, 0) is 42.6 Å². The molecule has 0 saturated carbocycles. The molecule has 3 aromatic rings. The average Bonchev–Trinajstić information content (AvgIpc) is 3.16. The lowest BCUT2D eigenvalue weighted by Crippen LogP contribution is -2.09. The van der Waals surface area contributed by atoms with E-state index in [1.807, 2.05) is 6.26 Å². The number of thiophene rings is 1.